The van der Waals surface area contributed by atoms with Crippen LogP contribution in [0.2, 0.25) is 5.02 Å². The van der Waals surface area contributed by atoms with Crippen LogP contribution in [0.15, 0.2) is 22.6 Å². The minimum Gasteiger partial charge on any atom is -0.504 e. The molecule has 3 heterocycles. The normalized spacial score (nSPS) is 17.9. The first-order chi connectivity index (χ1) is 13.5. The minimum absolute atomic E-state index is 0.124. The summed E-state index contributed by atoms with van der Waals surface area (Å²) in [6.45, 7) is 6.99. The number of aryl methyl sites for hydroxylation is 1. The molecule has 6 nitrogen and oxygen atoms in total. The number of halogens is 2. The maximum absolute atomic E-state index is 14.0. The zero-order chi connectivity index (χ0) is 19.8. The molecule has 2 aromatic heterocycles. The largest absolute Gasteiger partial charge is 0.504 e. The highest BCUT2D eigenvalue weighted by Crippen LogP contribution is 2.38. The van der Waals surface area contributed by atoms with Crippen molar-refractivity contribution in [3.05, 3.63) is 34.6 Å². The number of hydrogen-bond donors (Lipinski definition) is 2. The number of phenolic OH excluding ortho intramolecular Hbond substituents is 1. The average Bonchev–Trinajstić information content (AvgIpc) is 3.08. The van der Waals surface area contributed by atoms with Gasteiger partial charge in [0.05, 0.1) is 10.7 Å². The molecule has 0 aliphatic carbocycles. The Morgan fingerprint density at radius 2 is 2.21 bits per heavy atom. The summed E-state index contributed by atoms with van der Waals surface area (Å²) in [7, 11) is 0. The molecule has 28 heavy (non-hydrogen) atoms. The second-order valence-electron chi connectivity index (χ2n) is 7.13. The Kier molecular flexibility index (Phi) is 5.12. The van der Waals surface area contributed by atoms with Crippen molar-refractivity contribution in [2.45, 2.75) is 32.7 Å². The lowest BCUT2D eigenvalue weighted by molar-refractivity contribution is 0.225. The molecule has 1 fully saturated rings. The van der Waals surface area contributed by atoms with E-state index in [1.165, 1.54) is 6.07 Å². The third kappa shape index (κ3) is 3.52. The molecule has 1 aromatic carbocycles. The Bertz CT molecular complexity index is 1020. The average molecular weight is 405 g/mol. The fourth-order valence-electron chi connectivity index (χ4n) is 3.71. The van der Waals surface area contributed by atoms with Gasteiger partial charge >= 0.3 is 0 Å². The number of nitrogens with one attached hydrogen (secondary N) is 1. The number of aromatic nitrogens is 2. The van der Waals surface area contributed by atoms with Gasteiger partial charge in [-0.3, -0.25) is 0 Å². The number of aromatic hydroxyl groups is 1. The van der Waals surface area contributed by atoms with E-state index in [2.05, 4.69) is 27.1 Å². The van der Waals surface area contributed by atoms with Crippen LogP contribution in [-0.4, -0.2) is 45.7 Å². The van der Waals surface area contributed by atoms with E-state index in [4.69, 9.17) is 16.0 Å². The molecule has 0 unspecified atom stereocenters. The molecule has 0 radical (unpaired) electrons. The second kappa shape index (κ2) is 7.56. The van der Waals surface area contributed by atoms with Gasteiger partial charge in [0, 0.05) is 18.2 Å². The van der Waals surface area contributed by atoms with E-state index in [0.717, 1.165) is 32.5 Å². The first kappa shape index (κ1) is 19.0. The summed E-state index contributed by atoms with van der Waals surface area (Å²) in [6.07, 6.45) is 2.19. The first-order valence-corrected chi connectivity index (χ1v) is 9.78. The molecular formula is C20H22ClFN4O2. The monoisotopic (exact) mass is 404 g/mol. The van der Waals surface area contributed by atoms with E-state index < -0.39 is 11.6 Å². The molecule has 0 bridgehead atoms. The van der Waals surface area contributed by atoms with Crippen LogP contribution in [0, 0.1) is 12.7 Å². The van der Waals surface area contributed by atoms with E-state index in [0.29, 0.717) is 34.1 Å². The predicted molar refractivity (Wildman–Crippen MR) is 107 cm³/mol. The summed E-state index contributed by atoms with van der Waals surface area (Å²) in [6, 6.07) is 5.56. The summed E-state index contributed by atoms with van der Waals surface area (Å²) >= 11 is 5.80. The lowest BCUT2D eigenvalue weighted by atomic mass is 10.0. The lowest BCUT2D eigenvalue weighted by Crippen LogP contribution is -2.41. The van der Waals surface area contributed by atoms with Crippen molar-refractivity contribution in [2.75, 3.05) is 25.0 Å². The number of fused-ring (bicyclic) bond motifs is 1. The number of likely N-dealkylation sites (N-methyl/N-ethyl adjacent to an activating group) is 1. The molecule has 148 valence electrons. The second-order valence-corrected chi connectivity index (χ2v) is 7.53. The van der Waals surface area contributed by atoms with E-state index >= 15 is 0 Å². The van der Waals surface area contributed by atoms with Crippen molar-refractivity contribution in [2.24, 2.45) is 0 Å². The van der Waals surface area contributed by atoms with Gasteiger partial charge in [0.15, 0.2) is 17.1 Å². The Hall–Kier alpha value is -2.38. The lowest BCUT2D eigenvalue weighted by Gasteiger charge is -2.31. The van der Waals surface area contributed by atoms with Gasteiger partial charge in [-0.2, -0.15) is 4.98 Å². The van der Waals surface area contributed by atoms with Crippen LogP contribution in [0.5, 0.6) is 5.75 Å². The molecule has 1 aliphatic heterocycles. The van der Waals surface area contributed by atoms with Gasteiger partial charge in [0.1, 0.15) is 0 Å². The highest BCUT2D eigenvalue weighted by molar-refractivity contribution is 6.31. The highest BCUT2D eigenvalue weighted by atomic mass is 35.5. The fraction of sp³-hybridized carbons (Fsp3) is 0.400. The highest BCUT2D eigenvalue weighted by Gasteiger charge is 2.21. The van der Waals surface area contributed by atoms with Crippen LogP contribution < -0.4 is 5.32 Å². The molecule has 1 atom stereocenters. The number of rotatable bonds is 4. The summed E-state index contributed by atoms with van der Waals surface area (Å²) in [5.74, 6) is -1.37. The van der Waals surface area contributed by atoms with Gasteiger partial charge in [-0.25, -0.2) is 9.37 Å². The van der Waals surface area contributed by atoms with Crippen molar-refractivity contribution >= 4 is 28.8 Å². The van der Waals surface area contributed by atoms with E-state index in [9.17, 15) is 9.50 Å². The van der Waals surface area contributed by atoms with Gasteiger partial charge < -0.3 is 19.7 Å². The van der Waals surface area contributed by atoms with E-state index in [-0.39, 0.29) is 11.1 Å². The van der Waals surface area contributed by atoms with Crippen molar-refractivity contribution in [3.63, 3.8) is 0 Å². The molecule has 3 aromatic rings. The number of phenols is 1. The van der Waals surface area contributed by atoms with Crippen LogP contribution in [0.25, 0.3) is 22.5 Å². The summed E-state index contributed by atoms with van der Waals surface area (Å²) < 4.78 is 19.8. The topological polar surface area (TPSA) is 74.4 Å². The molecule has 1 saturated heterocycles. The zero-order valence-electron chi connectivity index (χ0n) is 15.8. The standard InChI is InChI=1S/C20H22ClFN4O2/c1-3-26-8-4-5-12(10-26)23-20-25-19-15(28-20)7-6-14(24-19)16-11(2)9-13(21)17(22)18(16)27/h6-7,9,12,27H,3-5,8,10H2,1-2H3,(H,23,24,25)/t12-/m1/s1. The number of hydrogen-bond acceptors (Lipinski definition) is 6. The van der Waals surface area contributed by atoms with Gasteiger partial charge in [-0.15, -0.1) is 0 Å². The maximum Gasteiger partial charge on any atom is 0.297 e. The molecule has 1 aliphatic rings. The van der Waals surface area contributed by atoms with Gasteiger partial charge in [-0.1, -0.05) is 18.5 Å². The van der Waals surface area contributed by atoms with Gasteiger partial charge in [0.25, 0.3) is 6.01 Å². The van der Waals surface area contributed by atoms with Crippen LogP contribution in [0.3, 0.4) is 0 Å². The number of anilines is 1. The third-order valence-electron chi connectivity index (χ3n) is 5.18. The van der Waals surface area contributed by atoms with E-state index in [1.54, 1.807) is 19.1 Å². The van der Waals surface area contributed by atoms with Crippen molar-refractivity contribution in [3.8, 4) is 17.0 Å². The minimum atomic E-state index is -0.857. The molecule has 0 amide bonds. The van der Waals surface area contributed by atoms with Crippen LogP contribution >= 0.6 is 11.6 Å². The molecule has 0 spiro atoms. The van der Waals surface area contributed by atoms with Crippen molar-refractivity contribution in [1.82, 2.24) is 14.9 Å². The Balaban J connectivity index is 1.63. The number of oxazole rings is 1. The maximum atomic E-state index is 14.0. The van der Waals surface area contributed by atoms with E-state index in [1.807, 2.05) is 0 Å². The summed E-state index contributed by atoms with van der Waals surface area (Å²) in [5, 5.41) is 13.4. The predicted octanol–water partition coefficient (Wildman–Crippen LogP) is 4.59. The van der Waals surface area contributed by atoms with Crippen LogP contribution in [0.1, 0.15) is 25.3 Å². The Labute approximate surface area is 167 Å². The molecule has 4 rings (SSSR count). The fourth-order valence-corrected chi connectivity index (χ4v) is 3.97. The molecular weight excluding hydrogens is 383 g/mol. The number of pyridine rings is 1. The number of nitrogens with zero attached hydrogens (tertiary/aromatic N) is 3. The van der Waals surface area contributed by atoms with Crippen molar-refractivity contribution in [1.29, 1.82) is 0 Å². The smallest absolute Gasteiger partial charge is 0.297 e. The number of likely N-dealkylation sites (tertiary alicyclic amines) is 1. The van der Waals surface area contributed by atoms with Gasteiger partial charge in [-0.05, 0) is 56.6 Å². The SMILES string of the molecule is CCN1CCC[C@@H](Nc2nc3nc(-c4c(C)cc(Cl)c(F)c4O)ccc3o2)C1. The number of piperidine rings is 1. The summed E-state index contributed by atoms with van der Waals surface area (Å²) in [4.78, 5) is 11.3. The van der Waals surface area contributed by atoms with Crippen LogP contribution in [-0.2, 0) is 0 Å². The molecule has 0 saturated carbocycles. The van der Waals surface area contributed by atoms with Gasteiger partial charge in [0.2, 0.25) is 5.65 Å². The first-order valence-electron chi connectivity index (χ1n) is 9.40. The summed E-state index contributed by atoms with van der Waals surface area (Å²) in [5.41, 5.74) is 2.26. The van der Waals surface area contributed by atoms with Crippen molar-refractivity contribution < 1.29 is 13.9 Å². The molecule has 8 heteroatoms. The number of benzene rings is 1. The van der Waals surface area contributed by atoms with Crippen LogP contribution in [0.4, 0.5) is 10.4 Å². The zero-order valence-corrected chi connectivity index (χ0v) is 16.6. The molecule has 2 N–H and O–H groups in total. The third-order valence-corrected chi connectivity index (χ3v) is 5.46. The quantitative estimate of drug-likeness (QED) is 0.662. The Morgan fingerprint density at radius 3 is 3.00 bits per heavy atom. The Morgan fingerprint density at radius 1 is 1.39 bits per heavy atom.